The van der Waals surface area contributed by atoms with Gasteiger partial charge in [0.05, 0.1) is 6.20 Å². The number of nitrogens with one attached hydrogen (secondary N) is 3. The Kier molecular flexibility index (Phi) is 8.15. The number of hydrogen-bond donors (Lipinski definition) is 3. The molecule has 1 fully saturated rings. The quantitative estimate of drug-likeness (QED) is 0.512. The Hall–Kier alpha value is -1.60. The third-order valence-corrected chi connectivity index (χ3v) is 5.48. The van der Waals surface area contributed by atoms with E-state index in [-0.39, 0.29) is 5.56 Å². The molecule has 2 heterocycles. The maximum Gasteiger partial charge on any atom is 0.294 e. The molecule has 1 saturated heterocycles. The molecule has 1 aromatic heterocycles. The van der Waals surface area contributed by atoms with Crippen LogP contribution in [0.5, 0.6) is 0 Å². The molecule has 1 atom stereocenters. The third-order valence-electron chi connectivity index (χ3n) is 4.95. The summed E-state index contributed by atoms with van der Waals surface area (Å²) in [5.74, 6) is 0.362. The fraction of sp³-hybridized carbons (Fsp3) is 0.500. The average molecular weight is 424 g/mol. The maximum atomic E-state index is 12.6. The minimum atomic E-state index is -0.177. The zero-order valence-corrected chi connectivity index (χ0v) is 17.4. The molecule has 152 valence electrons. The van der Waals surface area contributed by atoms with Gasteiger partial charge in [0.25, 0.3) is 5.56 Å². The lowest BCUT2D eigenvalue weighted by Gasteiger charge is -2.13. The summed E-state index contributed by atoms with van der Waals surface area (Å²) in [5, 5.41) is 11.1. The molecule has 0 radical (unpaired) electrons. The van der Waals surface area contributed by atoms with Gasteiger partial charge < -0.3 is 16.0 Å². The van der Waals surface area contributed by atoms with Crippen LogP contribution in [0.15, 0.2) is 35.3 Å². The standard InChI is InChI=1S/C20H27Cl2N5O/c21-16-4-1-3-15(13-16)6-9-23-11-12-27-18(22)14-26-19(20(27)28)25-10-7-17-5-2-8-24-17/h1,3-4,13-14,17,23-24H,2,5-12H2,(H,25,26). The van der Waals surface area contributed by atoms with Crippen LogP contribution in [0.1, 0.15) is 24.8 Å². The van der Waals surface area contributed by atoms with Crippen LogP contribution < -0.4 is 21.5 Å². The zero-order valence-electron chi connectivity index (χ0n) is 15.9. The number of benzene rings is 1. The van der Waals surface area contributed by atoms with Gasteiger partial charge in [-0.05, 0) is 56.5 Å². The Morgan fingerprint density at radius 2 is 2.14 bits per heavy atom. The molecule has 1 unspecified atom stereocenters. The summed E-state index contributed by atoms with van der Waals surface area (Å²) >= 11 is 12.2. The van der Waals surface area contributed by atoms with Crippen LogP contribution in [-0.4, -0.2) is 41.8 Å². The second kappa shape index (κ2) is 10.8. The topological polar surface area (TPSA) is 71.0 Å². The van der Waals surface area contributed by atoms with Crippen LogP contribution in [0.2, 0.25) is 10.2 Å². The van der Waals surface area contributed by atoms with Gasteiger partial charge in [-0.2, -0.15) is 0 Å². The first kappa shape index (κ1) is 21.1. The first-order valence-corrected chi connectivity index (χ1v) is 10.6. The molecule has 28 heavy (non-hydrogen) atoms. The van der Waals surface area contributed by atoms with Crippen LogP contribution in [0.25, 0.3) is 0 Å². The van der Waals surface area contributed by atoms with E-state index in [0.717, 1.165) is 37.5 Å². The van der Waals surface area contributed by atoms with E-state index in [1.165, 1.54) is 24.6 Å². The molecule has 1 aromatic carbocycles. The fourth-order valence-electron chi connectivity index (χ4n) is 3.41. The summed E-state index contributed by atoms with van der Waals surface area (Å²) in [5.41, 5.74) is 1.01. The van der Waals surface area contributed by atoms with Crippen molar-refractivity contribution < 1.29 is 0 Å². The summed E-state index contributed by atoms with van der Waals surface area (Å²) in [4.78, 5) is 16.8. The predicted octanol–water partition coefficient (Wildman–Crippen LogP) is 2.94. The second-order valence-electron chi connectivity index (χ2n) is 7.02. The number of hydrogen-bond acceptors (Lipinski definition) is 5. The Balaban J connectivity index is 1.45. The Labute approximate surface area is 175 Å². The van der Waals surface area contributed by atoms with E-state index >= 15 is 0 Å². The van der Waals surface area contributed by atoms with Crippen LogP contribution in [0.3, 0.4) is 0 Å². The summed E-state index contributed by atoms with van der Waals surface area (Å²) in [7, 11) is 0. The molecule has 1 aliphatic rings. The molecule has 6 nitrogen and oxygen atoms in total. The molecule has 0 amide bonds. The minimum Gasteiger partial charge on any atom is -0.365 e. The Morgan fingerprint density at radius 3 is 2.93 bits per heavy atom. The highest BCUT2D eigenvalue weighted by Gasteiger charge is 2.14. The van der Waals surface area contributed by atoms with Crippen LogP contribution >= 0.6 is 23.2 Å². The molecular weight excluding hydrogens is 397 g/mol. The van der Waals surface area contributed by atoms with Crippen LogP contribution in [-0.2, 0) is 13.0 Å². The first-order valence-electron chi connectivity index (χ1n) is 9.81. The molecule has 1 aliphatic heterocycles. The van der Waals surface area contributed by atoms with Gasteiger partial charge >= 0.3 is 0 Å². The summed E-state index contributed by atoms with van der Waals surface area (Å²) in [6, 6.07) is 8.37. The van der Waals surface area contributed by atoms with Gasteiger partial charge in [0.15, 0.2) is 5.82 Å². The van der Waals surface area contributed by atoms with Crippen molar-refractivity contribution in [3.63, 3.8) is 0 Å². The second-order valence-corrected chi connectivity index (χ2v) is 7.85. The number of rotatable bonds is 10. The number of nitrogens with zero attached hydrogens (tertiary/aromatic N) is 2. The van der Waals surface area contributed by atoms with Crippen molar-refractivity contribution in [2.75, 3.05) is 31.5 Å². The minimum absolute atomic E-state index is 0.177. The summed E-state index contributed by atoms with van der Waals surface area (Å²) in [6.45, 7) is 3.75. The molecule has 3 N–H and O–H groups in total. The highest BCUT2D eigenvalue weighted by molar-refractivity contribution is 6.30. The van der Waals surface area contributed by atoms with E-state index in [2.05, 4.69) is 27.0 Å². The van der Waals surface area contributed by atoms with Crippen molar-refractivity contribution >= 4 is 29.0 Å². The lowest BCUT2D eigenvalue weighted by atomic mass is 10.1. The van der Waals surface area contributed by atoms with Crippen molar-refractivity contribution in [2.45, 2.75) is 38.3 Å². The van der Waals surface area contributed by atoms with Gasteiger partial charge in [-0.15, -0.1) is 0 Å². The van der Waals surface area contributed by atoms with Crippen LogP contribution in [0, 0.1) is 0 Å². The molecule has 8 heteroatoms. The van der Waals surface area contributed by atoms with Crippen molar-refractivity contribution in [3.05, 3.63) is 56.6 Å². The predicted molar refractivity (Wildman–Crippen MR) is 116 cm³/mol. The average Bonchev–Trinajstić information content (AvgIpc) is 3.19. The molecule has 0 aliphatic carbocycles. The molecule has 2 aromatic rings. The Bertz CT molecular complexity index is 820. The Morgan fingerprint density at radius 1 is 1.25 bits per heavy atom. The SMILES string of the molecule is O=c1c(NCCC2CCCN2)ncc(Cl)n1CCNCCc1cccc(Cl)c1. The third kappa shape index (κ3) is 6.21. The van der Waals surface area contributed by atoms with E-state index in [0.29, 0.717) is 30.1 Å². The van der Waals surface area contributed by atoms with Gasteiger partial charge in [0.1, 0.15) is 5.15 Å². The van der Waals surface area contributed by atoms with Crippen molar-refractivity contribution in [1.29, 1.82) is 0 Å². The molecular formula is C20H27Cl2N5O. The largest absolute Gasteiger partial charge is 0.365 e. The van der Waals surface area contributed by atoms with Gasteiger partial charge in [0, 0.05) is 30.7 Å². The van der Waals surface area contributed by atoms with E-state index < -0.39 is 0 Å². The maximum absolute atomic E-state index is 12.6. The smallest absolute Gasteiger partial charge is 0.294 e. The van der Waals surface area contributed by atoms with E-state index in [1.54, 1.807) is 4.57 Å². The fourth-order valence-corrected chi connectivity index (χ4v) is 3.83. The summed E-state index contributed by atoms with van der Waals surface area (Å²) in [6.07, 6.45) is 5.81. The van der Waals surface area contributed by atoms with Gasteiger partial charge in [0.2, 0.25) is 0 Å². The van der Waals surface area contributed by atoms with Crippen molar-refractivity contribution in [1.82, 2.24) is 20.2 Å². The van der Waals surface area contributed by atoms with Gasteiger partial charge in [-0.25, -0.2) is 4.98 Å². The highest BCUT2D eigenvalue weighted by Crippen LogP contribution is 2.11. The van der Waals surface area contributed by atoms with E-state index in [1.807, 2.05) is 18.2 Å². The summed E-state index contributed by atoms with van der Waals surface area (Å²) < 4.78 is 1.55. The molecule has 0 spiro atoms. The van der Waals surface area contributed by atoms with Gasteiger partial charge in [-0.1, -0.05) is 35.3 Å². The highest BCUT2D eigenvalue weighted by atomic mass is 35.5. The van der Waals surface area contributed by atoms with E-state index in [9.17, 15) is 4.79 Å². The van der Waals surface area contributed by atoms with Gasteiger partial charge in [-0.3, -0.25) is 9.36 Å². The van der Waals surface area contributed by atoms with E-state index in [4.69, 9.17) is 23.2 Å². The number of anilines is 1. The molecule has 0 saturated carbocycles. The number of aromatic nitrogens is 2. The monoisotopic (exact) mass is 423 g/mol. The van der Waals surface area contributed by atoms with Crippen LogP contribution in [0.4, 0.5) is 5.82 Å². The normalized spacial score (nSPS) is 16.4. The first-order chi connectivity index (χ1) is 13.6. The number of halogens is 2. The lowest BCUT2D eigenvalue weighted by molar-refractivity contribution is 0.571. The molecule has 3 rings (SSSR count). The van der Waals surface area contributed by atoms with Crippen molar-refractivity contribution in [3.8, 4) is 0 Å². The molecule has 0 bridgehead atoms. The lowest BCUT2D eigenvalue weighted by Crippen LogP contribution is -2.31. The zero-order chi connectivity index (χ0) is 19.8. The van der Waals surface area contributed by atoms with Crippen molar-refractivity contribution in [2.24, 2.45) is 0 Å².